The molecule has 1 N–H and O–H groups in total. The summed E-state index contributed by atoms with van der Waals surface area (Å²) in [5.41, 5.74) is 1.70. The number of nitrogens with one attached hydrogen (secondary N) is 1. The number of carbonyl (C=O) groups is 2. The lowest BCUT2D eigenvalue weighted by molar-refractivity contribution is -0.133. The highest BCUT2D eigenvalue weighted by molar-refractivity contribution is 5.93. The Morgan fingerprint density at radius 1 is 1.19 bits per heavy atom. The highest BCUT2D eigenvalue weighted by Crippen LogP contribution is 2.29. The van der Waals surface area contributed by atoms with Gasteiger partial charge in [0.25, 0.3) is 0 Å². The van der Waals surface area contributed by atoms with Crippen molar-refractivity contribution in [1.82, 2.24) is 14.4 Å². The van der Waals surface area contributed by atoms with Gasteiger partial charge in [0.1, 0.15) is 12.3 Å². The fourth-order valence-corrected chi connectivity index (χ4v) is 3.57. The molecule has 0 unspecified atom stereocenters. The zero-order valence-electron chi connectivity index (χ0n) is 19.0. The number of hydrogen-bond donors (Lipinski definition) is 1. The topological polar surface area (TPSA) is 66.8 Å². The highest BCUT2D eigenvalue weighted by Gasteiger charge is 2.35. The molecule has 0 bridgehead atoms. The number of anilines is 1. The SMILES string of the molecule is CCOc1ccccc1NC(=O)N(CC(=O)N(Cc1cccn1C)C1CC1)[C@@H](C)CC. The molecule has 1 aromatic heterocycles. The maximum atomic E-state index is 13.3. The summed E-state index contributed by atoms with van der Waals surface area (Å²) in [6.45, 7) is 7.03. The maximum Gasteiger partial charge on any atom is 0.322 e. The third-order valence-corrected chi connectivity index (χ3v) is 5.81. The molecule has 2 aromatic rings. The third-order valence-electron chi connectivity index (χ3n) is 5.81. The van der Waals surface area contributed by atoms with Crippen LogP contribution in [0.15, 0.2) is 42.6 Å². The van der Waals surface area contributed by atoms with Crippen LogP contribution in [0.1, 0.15) is 45.7 Å². The van der Waals surface area contributed by atoms with Crippen molar-refractivity contribution in [2.45, 2.75) is 58.7 Å². The first-order valence-corrected chi connectivity index (χ1v) is 11.1. The fraction of sp³-hybridized carbons (Fsp3) is 0.500. The van der Waals surface area contributed by atoms with E-state index in [9.17, 15) is 9.59 Å². The van der Waals surface area contributed by atoms with E-state index in [1.807, 2.05) is 79.9 Å². The average molecular weight is 427 g/mol. The molecule has 0 saturated heterocycles. The van der Waals surface area contributed by atoms with Crippen molar-refractivity contribution in [3.63, 3.8) is 0 Å². The zero-order valence-corrected chi connectivity index (χ0v) is 19.0. The van der Waals surface area contributed by atoms with Gasteiger partial charge in [-0.05, 0) is 57.4 Å². The molecule has 1 fully saturated rings. The maximum absolute atomic E-state index is 13.3. The predicted octanol–water partition coefficient (Wildman–Crippen LogP) is 4.25. The number of benzene rings is 1. The number of hydrogen-bond acceptors (Lipinski definition) is 3. The van der Waals surface area contributed by atoms with Crippen LogP contribution in [0.3, 0.4) is 0 Å². The average Bonchev–Trinajstić information content (AvgIpc) is 3.52. The molecule has 7 heteroatoms. The molecule has 168 valence electrons. The standard InChI is InChI=1S/C24H34N4O3/c1-5-18(3)27(24(30)25-21-11-7-8-12-22(21)31-6-2)17-23(29)28(19-13-14-19)16-20-10-9-15-26(20)4/h7-12,15,18-19H,5-6,13-14,16-17H2,1-4H3,(H,25,30)/t18-/m0/s1. The van der Waals surface area contributed by atoms with Crippen molar-refractivity contribution >= 4 is 17.6 Å². The molecule has 1 heterocycles. The first kappa shape index (κ1) is 22.7. The van der Waals surface area contributed by atoms with E-state index in [2.05, 4.69) is 5.32 Å². The second-order valence-corrected chi connectivity index (χ2v) is 8.11. The van der Waals surface area contributed by atoms with E-state index in [1.165, 1.54) is 0 Å². The van der Waals surface area contributed by atoms with Crippen LogP contribution in [0.4, 0.5) is 10.5 Å². The Morgan fingerprint density at radius 3 is 2.55 bits per heavy atom. The van der Waals surface area contributed by atoms with Crippen molar-refractivity contribution in [2.24, 2.45) is 7.05 Å². The van der Waals surface area contributed by atoms with Gasteiger partial charge in [-0.2, -0.15) is 0 Å². The Hall–Kier alpha value is -2.96. The molecule has 1 aliphatic carbocycles. The normalized spacial score (nSPS) is 14.1. The second-order valence-electron chi connectivity index (χ2n) is 8.11. The van der Waals surface area contributed by atoms with Crippen molar-refractivity contribution in [3.05, 3.63) is 48.3 Å². The van der Waals surface area contributed by atoms with Crippen LogP contribution >= 0.6 is 0 Å². The smallest absolute Gasteiger partial charge is 0.322 e. The van der Waals surface area contributed by atoms with Crippen molar-refractivity contribution in [1.29, 1.82) is 0 Å². The molecule has 3 rings (SSSR count). The molecule has 31 heavy (non-hydrogen) atoms. The number of urea groups is 1. The number of ether oxygens (including phenoxy) is 1. The van der Waals surface area contributed by atoms with E-state index < -0.39 is 0 Å². The summed E-state index contributed by atoms with van der Waals surface area (Å²) < 4.78 is 7.66. The number of carbonyl (C=O) groups excluding carboxylic acids is 2. The van der Waals surface area contributed by atoms with Crippen LogP contribution in [0.25, 0.3) is 0 Å². The number of amides is 3. The molecule has 7 nitrogen and oxygen atoms in total. The minimum atomic E-state index is -0.288. The van der Waals surface area contributed by atoms with Gasteiger partial charge in [0.2, 0.25) is 5.91 Å². The van der Waals surface area contributed by atoms with Gasteiger partial charge in [-0.25, -0.2) is 4.79 Å². The van der Waals surface area contributed by atoms with Crippen LogP contribution in [0.2, 0.25) is 0 Å². The Bertz CT molecular complexity index is 890. The van der Waals surface area contributed by atoms with Gasteiger partial charge >= 0.3 is 6.03 Å². The highest BCUT2D eigenvalue weighted by atomic mass is 16.5. The molecule has 0 radical (unpaired) electrons. The van der Waals surface area contributed by atoms with Crippen LogP contribution < -0.4 is 10.1 Å². The van der Waals surface area contributed by atoms with E-state index in [4.69, 9.17) is 4.74 Å². The van der Waals surface area contributed by atoms with E-state index >= 15 is 0 Å². The number of para-hydroxylation sites is 2. The minimum absolute atomic E-state index is 0.0164. The molecule has 0 aliphatic heterocycles. The summed E-state index contributed by atoms with van der Waals surface area (Å²) in [6, 6.07) is 11.3. The summed E-state index contributed by atoms with van der Waals surface area (Å²) in [5.74, 6) is 0.606. The van der Waals surface area contributed by atoms with Crippen molar-refractivity contribution in [3.8, 4) is 5.75 Å². The predicted molar refractivity (Wildman–Crippen MR) is 122 cm³/mol. The van der Waals surface area contributed by atoms with Gasteiger partial charge in [-0.1, -0.05) is 19.1 Å². The molecule has 0 spiro atoms. The Labute approximate surface area is 185 Å². The third kappa shape index (κ3) is 5.81. The van der Waals surface area contributed by atoms with E-state index in [-0.39, 0.29) is 30.6 Å². The first-order chi connectivity index (χ1) is 14.9. The van der Waals surface area contributed by atoms with Crippen LogP contribution in [-0.4, -0.2) is 51.5 Å². The molecule has 1 saturated carbocycles. The molecule has 3 amide bonds. The van der Waals surface area contributed by atoms with Gasteiger partial charge in [0.15, 0.2) is 0 Å². The van der Waals surface area contributed by atoms with E-state index in [1.54, 1.807) is 4.90 Å². The summed E-state index contributed by atoms with van der Waals surface area (Å²) in [4.78, 5) is 30.0. The van der Waals surface area contributed by atoms with Gasteiger partial charge in [0.05, 0.1) is 18.8 Å². The van der Waals surface area contributed by atoms with Crippen molar-refractivity contribution in [2.75, 3.05) is 18.5 Å². The van der Waals surface area contributed by atoms with Crippen LogP contribution in [0.5, 0.6) is 5.75 Å². The minimum Gasteiger partial charge on any atom is -0.492 e. The number of nitrogens with zero attached hydrogens (tertiary/aromatic N) is 3. The Kier molecular flexibility index (Phi) is 7.60. The quantitative estimate of drug-likeness (QED) is 0.618. The van der Waals surface area contributed by atoms with Crippen molar-refractivity contribution < 1.29 is 14.3 Å². The van der Waals surface area contributed by atoms with E-state index in [0.29, 0.717) is 24.6 Å². The summed E-state index contributed by atoms with van der Waals surface area (Å²) in [7, 11) is 1.99. The Balaban J connectivity index is 1.73. The monoisotopic (exact) mass is 426 g/mol. The molecular weight excluding hydrogens is 392 g/mol. The van der Waals surface area contributed by atoms with Crippen LogP contribution in [0, 0.1) is 0 Å². The molecule has 1 aromatic carbocycles. The molecule has 1 atom stereocenters. The van der Waals surface area contributed by atoms with E-state index in [0.717, 1.165) is 25.0 Å². The van der Waals surface area contributed by atoms with Crippen LogP contribution in [-0.2, 0) is 18.4 Å². The largest absolute Gasteiger partial charge is 0.492 e. The lowest BCUT2D eigenvalue weighted by atomic mass is 10.2. The fourth-order valence-electron chi connectivity index (χ4n) is 3.57. The second kappa shape index (κ2) is 10.4. The lowest BCUT2D eigenvalue weighted by Gasteiger charge is -2.31. The molecular formula is C24H34N4O3. The number of aryl methyl sites for hydroxylation is 1. The first-order valence-electron chi connectivity index (χ1n) is 11.1. The summed E-state index contributed by atoms with van der Waals surface area (Å²) >= 11 is 0. The number of aromatic nitrogens is 1. The van der Waals surface area contributed by atoms with Gasteiger partial charge in [-0.15, -0.1) is 0 Å². The lowest BCUT2D eigenvalue weighted by Crippen LogP contribution is -2.48. The number of rotatable bonds is 10. The summed E-state index contributed by atoms with van der Waals surface area (Å²) in [6.07, 6.45) is 4.79. The van der Waals surface area contributed by atoms with Gasteiger partial charge in [-0.3, -0.25) is 4.79 Å². The Morgan fingerprint density at radius 2 is 1.94 bits per heavy atom. The molecule has 1 aliphatic rings. The summed E-state index contributed by atoms with van der Waals surface area (Å²) in [5, 5.41) is 2.94. The van der Waals surface area contributed by atoms with Gasteiger partial charge in [0, 0.05) is 31.0 Å². The zero-order chi connectivity index (χ0) is 22.4. The van der Waals surface area contributed by atoms with Gasteiger partial charge < -0.3 is 24.4 Å².